The van der Waals surface area contributed by atoms with Crippen molar-refractivity contribution >= 4 is 0 Å². The minimum absolute atomic E-state index is 0. The average molecular weight is 162 g/mol. The largest absolute Gasteiger partial charge is 1.00 e. The van der Waals surface area contributed by atoms with Crippen molar-refractivity contribution in [3.8, 4) is 0 Å². The number of alkyl halides is 3. The summed E-state index contributed by atoms with van der Waals surface area (Å²) in [6.07, 6.45) is -3.26. The zero-order valence-electron chi connectivity index (χ0n) is 6.17. The smallest absolute Gasteiger partial charge is 0.343 e. The van der Waals surface area contributed by atoms with E-state index in [9.17, 15) is 13.2 Å². The van der Waals surface area contributed by atoms with Gasteiger partial charge in [-0.2, -0.15) is 19.6 Å². The van der Waals surface area contributed by atoms with E-state index >= 15 is 0 Å². The minimum atomic E-state index is -3.98. The molecule has 4 heteroatoms. The first-order valence-electron chi connectivity index (χ1n) is 2.92. The van der Waals surface area contributed by atoms with Gasteiger partial charge in [-0.25, -0.2) is 0 Å². The summed E-state index contributed by atoms with van der Waals surface area (Å²) in [7, 11) is 0. The van der Waals surface area contributed by atoms with E-state index in [2.05, 4.69) is 6.92 Å². The summed E-state index contributed by atoms with van der Waals surface area (Å²) >= 11 is 0. The predicted molar refractivity (Wildman–Crippen MR) is 29.9 cm³/mol. The Morgan fingerprint density at radius 3 is 1.90 bits per heavy atom. The van der Waals surface area contributed by atoms with Gasteiger partial charge in [-0.3, -0.25) is 0 Å². The van der Waals surface area contributed by atoms with Crippen LogP contribution in [0.5, 0.6) is 0 Å². The Morgan fingerprint density at radius 2 is 1.60 bits per heavy atom. The maximum Gasteiger partial charge on any atom is 1.00 e. The number of hydrogen-bond acceptors (Lipinski definition) is 0. The summed E-state index contributed by atoms with van der Waals surface area (Å²) in [5.74, 6) is 0. The van der Waals surface area contributed by atoms with Gasteiger partial charge in [-0.15, -0.1) is 0 Å². The predicted octanol–water partition coefficient (Wildman–Crippen LogP) is -0.0528. The van der Waals surface area contributed by atoms with Gasteiger partial charge in [0.1, 0.15) is 0 Å². The van der Waals surface area contributed by atoms with Crippen molar-refractivity contribution in [1.82, 2.24) is 0 Å². The molecule has 0 atom stereocenters. The van der Waals surface area contributed by atoms with E-state index in [1.807, 2.05) is 0 Å². The van der Waals surface area contributed by atoms with Gasteiger partial charge in [-0.05, 0) is 6.42 Å². The molecule has 0 spiro atoms. The number of rotatable bonds is 3. The monoisotopic (exact) mass is 162 g/mol. The molecule has 0 amide bonds. The van der Waals surface area contributed by atoms with Crippen LogP contribution in [0.15, 0.2) is 0 Å². The maximum absolute atomic E-state index is 11.4. The van der Waals surface area contributed by atoms with Gasteiger partial charge in [0, 0.05) is 6.42 Å². The number of unbranched alkanes of at least 4 members (excludes halogenated alkanes) is 2. The van der Waals surface area contributed by atoms with E-state index < -0.39 is 12.6 Å². The van der Waals surface area contributed by atoms with Crippen LogP contribution in [-0.4, -0.2) is 6.18 Å². The molecule has 0 aromatic carbocycles. The fourth-order valence-electron chi connectivity index (χ4n) is 0.502. The molecule has 0 bridgehead atoms. The molecule has 0 aliphatic carbocycles. The van der Waals surface area contributed by atoms with E-state index in [1.165, 1.54) is 0 Å². The third kappa shape index (κ3) is 11.6. The molecule has 0 aromatic heterocycles. The first kappa shape index (κ1) is 13.4. The first-order chi connectivity index (χ1) is 4.06. The summed E-state index contributed by atoms with van der Waals surface area (Å²) in [6, 6.07) is 0. The second kappa shape index (κ2) is 6.50. The quantitative estimate of drug-likeness (QED) is 0.310. The van der Waals surface area contributed by atoms with E-state index in [0.717, 1.165) is 0 Å². The van der Waals surface area contributed by atoms with Crippen LogP contribution >= 0.6 is 0 Å². The van der Waals surface area contributed by atoms with Crippen LogP contribution in [-0.2, 0) is 0 Å². The zero-order chi connectivity index (χ0) is 7.33. The van der Waals surface area contributed by atoms with E-state index in [4.69, 9.17) is 0 Å². The fraction of sp³-hybridized carbons (Fsp3) is 0.833. The minimum Gasteiger partial charge on any atom is -0.343 e. The van der Waals surface area contributed by atoms with E-state index in [1.54, 1.807) is 0 Å². The molecule has 0 fully saturated rings. The normalized spacial score (nSPS) is 10.8. The summed E-state index contributed by atoms with van der Waals surface area (Å²) in [5.41, 5.74) is 0. The summed E-state index contributed by atoms with van der Waals surface area (Å²) in [6.45, 7) is 3.44. The van der Waals surface area contributed by atoms with Crippen molar-refractivity contribution in [2.24, 2.45) is 0 Å². The van der Waals surface area contributed by atoms with Crippen molar-refractivity contribution < 1.29 is 42.7 Å². The molecule has 0 aromatic rings. The molecule has 0 rings (SSSR count). The van der Waals surface area contributed by atoms with Crippen LogP contribution in [0, 0.1) is 6.92 Å². The topological polar surface area (TPSA) is 0 Å². The van der Waals surface area contributed by atoms with Crippen LogP contribution in [0.3, 0.4) is 0 Å². The summed E-state index contributed by atoms with van der Waals surface area (Å²) in [4.78, 5) is 0. The van der Waals surface area contributed by atoms with E-state index in [-0.39, 0.29) is 36.0 Å². The molecular weight excluding hydrogens is 152 g/mol. The summed E-state index contributed by atoms with van der Waals surface area (Å²) in [5, 5.41) is 0. The fourth-order valence-corrected chi connectivity index (χ4v) is 0.502. The van der Waals surface area contributed by atoms with Gasteiger partial charge in [0.2, 0.25) is 0 Å². The Bertz CT molecular complexity index is 69.9. The molecule has 0 radical (unpaired) electrons. The van der Waals surface area contributed by atoms with Crippen molar-refractivity contribution in [3.05, 3.63) is 6.92 Å². The SMILES string of the molecule is [CH2-]CCCCC(F)(F)F.[Na+]. The Morgan fingerprint density at radius 1 is 1.10 bits per heavy atom. The van der Waals surface area contributed by atoms with Crippen molar-refractivity contribution in [2.45, 2.75) is 31.9 Å². The maximum atomic E-state index is 11.4. The van der Waals surface area contributed by atoms with Crippen LogP contribution in [0.2, 0.25) is 0 Å². The average Bonchev–Trinajstić information content (AvgIpc) is 1.63. The molecule has 0 unspecified atom stereocenters. The second-order valence-corrected chi connectivity index (χ2v) is 1.93. The molecule has 0 saturated carbocycles. The van der Waals surface area contributed by atoms with Gasteiger partial charge < -0.3 is 6.92 Å². The molecule has 56 valence electrons. The Hall–Kier alpha value is 0.790. The first-order valence-corrected chi connectivity index (χ1v) is 2.92. The number of hydrogen-bond donors (Lipinski definition) is 0. The molecule has 0 saturated heterocycles. The molecule has 0 aliphatic heterocycles. The van der Waals surface area contributed by atoms with Crippen LogP contribution in [0.25, 0.3) is 0 Å². The van der Waals surface area contributed by atoms with Crippen molar-refractivity contribution in [1.29, 1.82) is 0 Å². The summed E-state index contributed by atoms with van der Waals surface area (Å²) < 4.78 is 34.1. The van der Waals surface area contributed by atoms with Crippen LogP contribution in [0.4, 0.5) is 13.2 Å². The molecule has 0 N–H and O–H groups in total. The zero-order valence-corrected chi connectivity index (χ0v) is 8.17. The third-order valence-electron chi connectivity index (χ3n) is 0.960. The van der Waals surface area contributed by atoms with Gasteiger partial charge >= 0.3 is 35.7 Å². The van der Waals surface area contributed by atoms with Crippen molar-refractivity contribution in [3.63, 3.8) is 0 Å². The number of halogens is 3. The van der Waals surface area contributed by atoms with E-state index in [0.29, 0.717) is 12.8 Å². The second-order valence-electron chi connectivity index (χ2n) is 1.93. The Balaban J connectivity index is 0. The van der Waals surface area contributed by atoms with Gasteiger partial charge in [0.05, 0.1) is 0 Å². The van der Waals surface area contributed by atoms with Crippen LogP contribution in [0.1, 0.15) is 25.7 Å². The van der Waals surface area contributed by atoms with Gasteiger partial charge in [-0.1, -0.05) is 6.42 Å². The van der Waals surface area contributed by atoms with Crippen LogP contribution < -0.4 is 29.6 Å². The molecule has 0 aliphatic rings. The molecule has 0 nitrogen and oxygen atoms in total. The molecular formula is C6H10F3Na. The Labute approximate surface area is 81.5 Å². The molecule has 0 heterocycles. The third-order valence-corrected chi connectivity index (χ3v) is 0.960. The molecule has 10 heavy (non-hydrogen) atoms. The van der Waals surface area contributed by atoms with Gasteiger partial charge in [0.25, 0.3) is 0 Å². The van der Waals surface area contributed by atoms with Gasteiger partial charge in [0.15, 0.2) is 0 Å². The standard InChI is InChI=1S/C6H10F3.Na/c1-2-3-4-5-6(7,8)9;/h1-5H2;/q-1;+1. The Kier molecular flexibility index (Phi) is 8.70. The van der Waals surface area contributed by atoms with Crippen molar-refractivity contribution in [2.75, 3.05) is 0 Å².